The second-order valence-electron chi connectivity index (χ2n) is 4.77. The molecule has 6 nitrogen and oxygen atoms in total. The minimum atomic E-state index is 0. The molecule has 108 valence electrons. The maximum absolute atomic E-state index is 4.24. The number of aromatic nitrogens is 3. The van der Waals surface area contributed by atoms with Crippen LogP contribution in [0.2, 0.25) is 0 Å². The van der Waals surface area contributed by atoms with Gasteiger partial charge in [-0.05, 0) is 19.8 Å². The van der Waals surface area contributed by atoms with Crippen LogP contribution in [0.1, 0.15) is 37.3 Å². The molecular formula is C12H23IN6. The smallest absolute Gasteiger partial charge is 0.191 e. The number of hydrogen-bond donors (Lipinski definition) is 2. The van der Waals surface area contributed by atoms with Crippen molar-refractivity contribution in [2.75, 3.05) is 7.05 Å². The minimum Gasteiger partial charge on any atom is -0.354 e. The summed E-state index contributed by atoms with van der Waals surface area (Å²) in [4.78, 5) is 4.24. The number of nitrogens with one attached hydrogen (secondary N) is 2. The molecule has 1 aromatic heterocycles. The van der Waals surface area contributed by atoms with Crippen molar-refractivity contribution in [3.8, 4) is 0 Å². The summed E-state index contributed by atoms with van der Waals surface area (Å²) in [6.45, 7) is 2.59. The molecule has 0 radical (unpaired) electrons. The fraction of sp³-hybridized carbons (Fsp3) is 0.750. The van der Waals surface area contributed by atoms with Crippen LogP contribution in [0, 0.1) is 6.92 Å². The summed E-state index contributed by atoms with van der Waals surface area (Å²) in [5, 5.41) is 14.9. The van der Waals surface area contributed by atoms with Crippen molar-refractivity contribution < 1.29 is 0 Å². The zero-order chi connectivity index (χ0) is 13.0. The van der Waals surface area contributed by atoms with E-state index in [0.29, 0.717) is 12.6 Å². The summed E-state index contributed by atoms with van der Waals surface area (Å²) in [5.41, 5.74) is 0. The average Bonchev–Trinajstić information content (AvgIpc) is 2.98. The maximum Gasteiger partial charge on any atom is 0.191 e. The van der Waals surface area contributed by atoms with Crippen molar-refractivity contribution in [1.82, 2.24) is 25.4 Å². The molecule has 1 fully saturated rings. The summed E-state index contributed by atoms with van der Waals surface area (Å²) in [6.07, 6.45) is 5.11. The van der Waals surface area contributed by atoms with Crippen LogP contribution in [-0.2, 0) is 13.6 Å². The van der Waals surface area contributed by atoms with Gasteiger partial charge in [0.25, 0.3) is 0 Å². The molecule has 19 heavy (non-hydrogen) atoms. The highest BCUT2D eigenvalue weighted by Crippen LogP contribution is 2.17. The van der Waals surface area contributed by atoms with E-state index >= 15 is 0 Å². The number of halogens is 1. The van der Waals surface area contributed by atoms with Gasteiger partial charge in [-0.3, -0.25) is 4.99 Å². The lowest BCUT2D eigenvalue weighted by molar-refractivity contribution is 0.608. The molecule has 1 aromatic rings. The van der Waals surface area contributed by atoms with Gasteiger partial charge in [-0.15, -0.1) is 34.2 Å². The zero-order valence-electron chi connectivity index (χ0n) is 11.8. The number of nitrogens with zero attached hydrogens (tertiary/aromatic N) is 4. The Morgan fingerprint density at radius 1 is 1.37 bits per heavy atom. The fourth-order valence-electron chi connectivity index (χ4n) is 2.23. The van der Waals surface area contributed by atoms with E-state index in [2.05, 4.69) is 25.8 Å². The van der Waals surface area contributed by atoms with Gasteiger partial charge < -0.3 is 15.2 Å². The number of hydrogen-bond acceptors (Lipinski definition) is 3. The summed E-state index contributed by atoms with van der Waals surface area (Å²) < 4.78 is 1.98. The first-order valence-corrected chi connectivity index (χ1v) is 6.52. The highest BCUT2D eigenvalue weighted by atomic mass is 127. The van der Waals surface area contributed by atoms with Gasteiger partial charge in [0.15, 0.2) is 11.8 Å². The second kappa shape index (κ2) is 7.66. The first-order chi connectivity index (χ1) is 8.70. The van der Waals surface area contributed by atoms with Crippen molar-refractivity contribution in [3.05, 3.63) is 11.6 Å². The molecule has 2 rings (SSSR count). The quantitative estimate of drug-likeness (QED) is 0.474. The van der Waals surface area contributed by atoms with Gasteiger partial charge in [0, 0.05) is 20.1 Å². The maximum atomic E-state index is 4.24. The van der Waals surface area contributed by atoms with E-state index in [1.807, 2.05) is 18.5 Å². The van der Waals surface area contributed by atoms with Gasteiger partial charge in [0.2, 0.25) is 0 Å². The van der Waals surface area contributed by atoms with E-state index in [4.69, 9.17) is 0 Å². The van der Waals surface area contributed by atoms with Crippen LogP contribution >= 0.6 is 24.0 Å². The number of aryl methyl sites for hydroxylation is 1. The molecular weight excluding hydrogens is 355 g/mol. The average molecular weight is 378 g/mol. The van der Waals surface area contributed by atoms with E-state index in [0.717, 1.165) is 17.6 Å². The highest BCUT2D eigenvalue weighted by Gasteiger charge is 2.16. The van der Waals surface area contributed by atoms with Crippen LogP contribution in [0.15, 0.2) is 4.99 Å². The Bertz CT molecular complexity index is 422. The molecule has 0 bridgehead atoms. The lowest BCUT2D eigenvalue weighted by atomic mass is 10.2. The first kappa shape index (κ1) is 16.2. The summed E-state index contributed by atoms with van der Waals surface area (Å²) >= 11 is 0. The molecule has 1 aliphatic carbocycles. The third-order valence-electron chi connectivity index (χ3n) is 3.52. The van der Waals surface area contributed by atoms with Crippen LogP contribution in [0.3, 0.4) is 0 Å². The molecule has 0 aromatic carbocycles. The minimum absolute atomic E-state index is 0. The van der Waals surface area contributed by atoms with Crippen LogP contribution in [0.25, 0.3) is 0 Å². The van der Waals surface area contributed by atoms with E-state index in [1.165, 1.54) is 25.7 Å². The van der Waals surface area contributed by atoms with Crippen LogP contribution in [0.4, 0.5) is 0 Å². The standard InChI is InChI=1S/C12H22N6.HI/c1-9-16-17-11(18(9)3)8-14-12(13-2)15-10-6-4-5-7-10;/h10H,4-8H2,1-3H3,(H2,13,14,15);1H. The SMILES string of the molecule is CN=C(NCc1nnc(C)n1C)NC1CCCC1.I. The topological polar surface area (TPSA) is 67.1 Å². The van der Waals surface area contributed by atoms with Gasteiger partial charge in [-0.1, -0.05) is 12.8 Å². The second-order valence-corrected chi connectivity index (χ2v) is 4.77. The van der Waals surface area contributed by atoms with Crippen LogP contribution in [0.5, 0.6) is 0 Å². The lowest BCUT2D eigenvalue weighted by Gasteiger charge is -2.16. The van der Waals surface area contributed by atoms with Gasteiger partial charge in [-0.25, -0.2) is 0 Å². The van der Waals surface area contributed by atoms with Gasteiger partial charge in [-0.2, -0.15) is 0 Å². The van der Waals surface area contributed by atoms with E-state index < -0.39 is 0 Å². The number of aliphatic imine (C=N–C) groups is 1. The molecule has 0 spiro atoms. The van der Waals surface area contributed by atoms with E-state index in [9.17, 15) is 0 Å². The van der Waals surface area contributed by atoms with Crippen molar-refractivity contribution >= 4 is 29.9 Å². The van der Waals surface area contributed by atoms with E-state index in [1.54, 1.807) is 7.05 Å². The van der Waals surface area contributed by atoms with Crippen LogP contribution in [-0.4, -0.2) is 33.8 Å². The Kier molecular flexibility index (Phi) is 6.53. The molecule has 0 saturated heterocycles. The molecule has 1 aliphatic rings. The molecule has 1 heterocycles. The van der Waals surface area contributed by atoms with Crippen molar-refractivity contribution in [3.63, 3.8) is 0 Å². The molecule has 2 N–H and O–H groups in total. The predicted molar refractivity (Wildman–Crippen MR) is 86.7 cm³/mol. The molecule has 0 unspecified atom stereocenters. The molecule has 0 atom stereocenters. The molecule has 1 saturated carbocycles. The monoisotopic (exact) mass is 378 g/mol. The summed E-state index contributed by atoms with van der Waals surface area (Å²) in [5.74, 6) is 2.69. The molecule has 0 aliphatic heterocycles. The lowest BCUT2D eigenvalue weighted by Crippen LogP contribution is -2.42. The summed E-state index contributed by atoms with van der Waals surface area (Å²) in [7, 11) is 3.77. The highest BCUT2D eigenvalue weighted by molar-refractivity contribution is 14.0. The Labute approximate surface area is 131 Å². The molecule has 7 heteroatoms. The predicted octanol–water partition coefficient (Wildman–Crippen LogP) is 1.35. The van der Waals surface area contributed by atoms with Crippen molar-refractivity contribution in [1.29, 1.82) is 0 Å². The first-order valence-electron chi connectivity index (χ1n) is 6.52. The van der Waals surface area contributed by atoms with Crippen molar-refractivity contribution in [2.45, 2.75) is 45.2 Å². The van der Waals surface area contributed by atoms with Gasteiger partial charge in [0.05, 0.1) is 6.54 Å². The Balaban J connectivity index is 0.00000180. The van der Waals surface area contributed by atoms with Crippen molar-refractivity contribution in [2.24, 2.45) is 12.0 Å². The van der Waals surface area contributed by atoms with E-state index in [-0.39, 0.29) is 24.0 Å². The normalized spacial score (nSPS) is 16.3. The van der Waals surface area contributed by atoms with Gasteiger partial charge in [0.1, 0.15) is 5.82 Å². The molecule has 0 amide bonds. The zero-order valence-corrected chi connectivity index (χ0v) is 14.1. The largest absolute Gasteiger partial charge is 0.354 e. The third kappa shape index (κ3) is 4.32. The summed E-state index contributed by atoms with van der Waals surface area (Å²) in [6, 6.07) is 0.567. The fourth-order valence-corrected chi connectivity index (χ4v) is 2.23. The van der Waals surface area contributed by atoms with Crippen LogP contribution < -0.4 is 10.6 Å². The Morgan fingerprint density at radius 2 is 2.05 bits per heavy atom. The van der Waals surface area contributed by atoms with Gasteiger partial charge >= 0.3 is 0 Å². The Morgan fingerprint density at radius 3 is 2.58 bits per heavy atom. The number of rotatable bonds is 3. The number of guanidine groups is 1. The Hall–Kier alpha value is -0.860. The third-order valence-corrected chi connectivity index (χ3v) is 3.52.